The van der Waals surface area contributed by atoms with E-state index in [1.54, 1.807) is 6.07 Å². The van der Waals surface area contributed by atoms with Crippen molar-refractivity contribution in [3.8, 4) is 0 Å². The highest BCUT2D eigenvalue weighted by Gasteiger charge is 2.30. The average Bonchev–Trinajstić information content (AvgIpc) is 2.63. The summed E-state index contributed by atoms with van der Waals surface area (Å²) in [6.45, 7) is 2.14. The van der Waals surface area contributed by atoms with Crippen LogP contribution in [0.25, 0.3) is 0 Å². The molecule has 0 amide bonds. The van der Waals surface area contributed by atoms with Gasteiger partial charge < -0.3 is 5.73 Å². The van der Waals surface area contributed by atoms with E-state index in [9.17, 15) is 13.2 Å². The molecule has 0 aromatic heterocycles. The highest BCUT2D eigenvalue weighted by Crippen LogP contribution is 2.35. The van der Waals surface area contributed by atoms with Crippen molar-refractivity contribution in [3.05, 3.63) is 58.6 Å². The molecule has 2 aromatic carbocycles. The molecule has 2 rings (SSSR count). The lowest BCUT2D eigenvalue weighted by Gasteiger charge is -2.27. The summed E-state index contributed by atoms with van der Waals surface area (Å²) in [7, 11) is 2.74. The van der Waals surface area contributed by atoms with Gasteiger partial charge in [-0.3, -0.25) is 0 Å². The first kappa shape index (κ1) is 23.5. The Morgan fingerprint density at radius 2 is 1.79 bits per heavy atom. The second-order valence-corrected chi connectivity index (χ2v) is 9.01. The van der Waals surface area contributed by atoms with E-state index in [1.807, 2.05) is 18.2 Å². The Hall–Kier alpha value is -0.740. The number of benzene rings is 2. The molecule has 0 aliphatic heterocycles. The molecule has 1 nitrogen and oxygen atoms in total. The van der Waals surface area contributed by atoms with Crippen LogP contribution < -0.4 is 5.73 Å². The molecule has 2 aromatic rings. The zero-order valence-electron chi connectivity index (χ0n) is 15.9. The third-order valence-electron chi connectivity index (χ3n) is 4.70. The van der Waals surface area contributed by atoms with Crippen LogP contribution in [0.4, 0.5) is 13.2 Å². The van der Waals surface area contributed by atoms with Crippen molar-refractivity contribution in [3.63, 3.8) is 0 Å². The summed E-state index contributed by atoms with van der Waals surface area (Å²) in [6.07, 6.45) is 1.31. The summed E-state index contributed by atoms with van der Waals surface area (Å²) in [5.41, 5.74) is 6.67. The summed E-state index contributed by atoms with van der Waals surface area (Å²) in [6, 6.07) is 11.0. The molecule has 2 N–H and O–H groups in total. The molecular weight excluding hydrogens is 422 g/mol. The first-order valence-corrected chi connectivity index (χ1v) is 11.3. The van der Waals surface area contributed by atoms with Crippen LogP contribution in [0.2, 0.25) is 5.02 Å². The van der Waals surface area contributed by atoms with Crippen LogP contribution in [0, 0.1) is 0 Å². The predicted octanol–water partition coefficient (Wildman–Crippen LogP) is 7.21. The first-order valence-electron chi connectivity index (χ1n) is 9.29. The fraction of sp³-hybridized carbons (Fsp3) is 0.429. The number of hydrogen-bond donors (Lipinski definition) is 1. The summed E-state index contributed by atoms with van der Waals surface area (Å²) >= 11 is 7.69. The van der Waals surface area contributed by atoms with Crippen LogP contribution in [-0.2, 0) is 12.6 Å². The van der Waals surface area contributed by atoms with E-state index >= 15 is 0 Å². The molecule has 0 radical (unpaired) electrons. The summed E-state index contributed by atoms with van der Waals surface area (Å²) in [5, 5.41) is 0.640. The normalized spacial score (nSPS) is 14.1. The minimum Gasteiger partial charge on any atom is -0.325 e. The van der Waals surface area contributed by atoms with Gasteiger partial charge in [0.15, 0.2) is 0 Å². The molecule has 0 aliphatic rings. The fourth-order valence-corrected chi connectivity index (χ4v) is 4.79. The second-order valence-electron chi connectivity index (χ2n) is 7.05. The fourth-order valence-electron chi connectivity index (χ4n) is 3.12. The van der Waals surface area contributed by atoms with E-state index in [0.29, 0.717) is 9.92 Å². The van der Waals surface area contributed by atoms with E-state index in [4.69, 9.17) is 17.3 Å². The maximum atomic E-state index is 12.9. The van der Waals surface area contributed by atoms with Crippen LogP contribution >= 0.6 is 32.6 Å². The lowest BCUT2D eigenvalue weighted by Crippen LogP contribution is -2.41. The maximum Gasteiger partial charge on any atom is 0.416 e. The monoisotopic (exact) mass is 447 g/mol. The van der Waals surface area contributed by atoms with Crippen molar-refractivity contribution in [2.24, 2.45) is 5.73 Å². The van der Waals surface area contributed by atoms with Crippen molar-refractivity contribution >= 4 is 32.6 Å². The molecule has 1 unspecified atom stereocenters. The van der Waals surface area contributed by atoms with Gasteiger partial charge in [-0.1, -0.05) is 48.8 Å². The standard InChI is InChI=1S/C21H26ClF3NPS/c1-2-10-20(26,14-27)11-4-5-15-8-9-18(13-19(15)22)28-17-7-3-6-16(12-17)21(23,24)25/h3,6-9,12-13H,2,4-5,10-11,14,26-27H2,1H3/t20-/m1/s1. The molecule has 0 spiro atoms. The number of nitrogens with two attached hydrogens (primary N) is 1. The van der Waals surface area contributed by atoms with E-state index in [0.717, 1.165) is 60.9 Å². The second kappa shape index (κ2) is 10.3. The molecule has 0 fully saturated rings. The number of hydrogen-bond acceptors (Lipinski definition) is 2. The summed E-state index contributed by atoms with van der Waals surface area (Å²) < 4.78 is 38.6. The van der Waals surface area contributed by atoms with Crippen molar-refractivity contribution in [2.45, 2.75) is 60.5 Å². The van der Waals surface area contributed by atoms with Crippen molar-refractivity contribution in [1.29, 1.82) is 0 Å². The van der Waals surface area contributed by atoms with Crippen molar-refractivity contribution in [1.82, 2.24) is 0 Å². The van der Waals surface area contributed by atoms with Gasteiger partial charge in [-0.2, -0.15) is 13.2 Å². The molecule has 154 valence electrons. The third kappa shape index (κ3) is 6.95. The quantitative estimate of drug-likeness (QED) is 0.411. The lowest BCUT2D eigenvalue weighted by atomic mass is 9.90. The van der Waals surface area contributed by atoms with Gasteiger partial charge in [0.1, 0.15) is 0 Å². The smallest absolute Gasteiger partial charge is 0.325 e. The highest BCUT2D eigenvalue weighted by atomic mass is 35.5. The molecule has 0 saturated carbocycles. The van der Waals surface area contributed by atoms with Crippen molar-refractivity contribution < 1.29 is 13.2 Å². The average molecular weight is 448 g/mol. The topological polar surface area (TPSA) is 26.0 Å². The predicted molar refractivity (Wildman–Crippen MR) is 116 cm³/mol. The maximum absolute atomic E-state index is 12.9. The SMILES string of the molecule is CCC[C@](N)(CP)CCCc1ccc(Sc2cccc(C(F)(F)F)c2)cc1Cl. The van der Waals surface area contributed by atoms with Gasteiger partial charge in [0.2, 0.25) is 0 Å². The van der Waals surface area contributed by atoms with Gasteiger partial charge in [-0.15, -0.1) is 9.24 Å². The van der Waals surface area contributed by atoms with Gasteiger partial charge in [-0.05, 0) is 67.7 Å². The molecule has 0 saturated heterocycles. The summed E-state index contributed by atoms with van der Waals surface area (Å²) in [5.74, 6) is 0. The Balaban J connectivity index is 2.01. The Morgan fingerprint density at radius 1 is 1.07 bits per heavy atom. The van der Waals surface area contributed by atoms with Gasteiger partial charge in [0, 0.05) is 20.4 Å². The molecule has 28 heavy (non-hydrogen) atoms. The van der Waals surface area contributed by atoms with Gasteiger partial charge in [0.25, 0.3) is 0 Å². The number of aryl methyl sites for hydroxylation is 1. The van der Waals surface area contributed by atoms with Gasteiger partial charge in [0.05, 0.1) is 5.56 Å². The van der Waals surface area contributed by atoms with Crippen molar-refractivity contribution in [2.75, 3.05) is 6.16 Å². The molecule has 0 aliphatic carbocycles. The van der Waals surface area contributed by atoms with E-state index < -0.39 is 11.7 Å². The summed E-state index contributed by atoms with van der Waals surface area (Å²) in [4.78, 5) is 1.35. The van der Waals surface area contributed by atoms with E-state index in [2.05, 4.69) is 16.2 Å². The van der Waals surface area contributed by atoms with E-state index in [-0.39, 0.29) is 5.54 Å². The zero-order valence-corrected chi connectivity index (χ0v) is 18.6. The molecule has 7 heteroatoms. The first-order chi connectivity index (χ1) is 13.2. The largest absolute Gasteiger partial charge is 0.416 e. The van der Waals surface area contributed by atoms with E-state index in [1.165, 1.54) is 17.8 Å². The van der Waals surface area contributed by atoms with Crippen LogP contribution in [0.1, 0.15) is 43.7 Å². The Kier molecular flexibility index (Phi) is 8.69. The zero-order chi connectivity index (χ0) is 20.8. The molecule has 2 atom stereocenters. The molecular formula is C21H26ClF3NPS. The number of halogens is 4. The van der Waals surface area contributed by atoms with Gasteiger partial charge in [-0.25, -0.2) is 0 Å². The molecule has 0 heterocycles. The Bertz CT molecular complexity index is 784. The number of alkyl halides is 3. The third-order valence-corrected chi connectivity index (χ3v) is 6.84. The van der Waals surface area contributed by atoms with Gasteiger partial charge >= 0.3 is 6.18 Å². The number of rotatable bonds is 9. The lowest BCUT2D eigenvalue weighted by molar-refractivity contribution is -0.137. The van der Waals surface area contributed by atoms with Crippen LogP contribution in [0.3, 0.4) is 0 Å². The molecule has 0 bridgehead atoms. The highest BCUT2D eigenvalue weighted by molar-refractivity contribution is 7.99. The van der Waals surface area contributed by atoms with Crippen LogP contribution in [0.15, 0.2) is 52.3 Å². The Morgan fingerprint density at radius 3 is 2.39 bits per heavy atom. The minimum absolute atomic E-state index is 0.148. The van der Waals surface area contributed by atoms with Crippen LogP contribution in [0.5, 0.6) is 0 Å². The van der Waals surface area contributed by atoms with Crippen LogP contribution in [-0.4, -0.2) is 11.7 Å². The minimum atomic E-state index is -4.34. The Labute approximate surface area is 176 Å².